The number of carbonyl (C=O) groups is 2. The number of nitrogens with zero attached hydrogens (tertiary/aromatic N) is 1. The molecule has 0 aliphatic carbocycles. The van der Waals surface area contributed by atoms with E-state index in [1.165, 1.54) is 4.90 Å². The van der Waals surface area contributed by atoms with E-state index in [1.807, 2.05) is 12.1 Å². The Kier molecular flexibility index (Phi) is 5.17. The minimum Gasteiger partial charge on any atom is -0.497 e. The third-order valence-corrected chi connectivity index (χ3v) is 2.38. The molecule has 0 saturated heterocycles. The van der Waals surface area contributed by atoms with E-state index in [1.54, 1.807) is 33.2 Å². The summed E-state index contributed by atoms with van der Waals surface area (Å²) in [7, 11) is 3.15. The molecule has 0 spiro atoms. The largest absolute Gasteiger partial charge is 0.497 e. The van der Waals surface area contributed by atoms with Gasteiger partial charge in [0.2, 0.25) is 0 Å². The molecule has 98 valence electrons. The normalized spacial score (nSPS) is 9.72. The molecule has 0 N–H and O–H groups in total. The van der Waals surface area contributed by atoms with Crippen molar-refractivity contribution in [2.45, 2.75) is 13.5 Å². The average Bonchev–Trinajstić information content (AvgIpc) is 2.39. The van der Waals surface area contributed by atoms with Crippen LogP contribution in [0.1, 0.15) is 12.5 Å². The first-order chi connectivity index (χ1) is 8.58. The summed E-state index contributed by atoms with van der Waals surface area (Å²) in [5.41, 5.74) is 0.913. The maximum Gasteiger partial charge on any atom is 0.397 e. The van der Waals surface area contributed by atoms with Crippen LogP contribution in [-0.2, 0) is 20.9 Å². The molecule has 5 nitrogen and oxygen atoms in total. The van der Waals surface area contributed by atoms with Crippen LogP contribution in [0.5, 0.6) is 5.75 Å². The van der Waals surface area contributed by atoms with Crippen molar-refractivity contribution in [3.05, 3.63) is 29.8 Å². The van der Waals surface area contributed by atoms with Gasteiger partial charge in [0.1, 0.15) is 5.75 Å². The number of esters is 1. The van der Waals surface area contributed by atoms with Crippen LogP contribution >= 0.6 is 0 Å². The van der Waals surface area contributed by atoms with Gasteiger partial charge in [0.25, 0.3) is 0 Å². The highest BCUT2D eigenvalue weighted by atomic mass is 16.5. The Balaban J connectivity index is 2.60. The van der Waals surface area contributed by atoms with Gasteiger partial charge in [-0.15, -0.1) is 0 Å². The van der Waals surface area contributed by atoms with Gasteiger partial charge in [0.05, 0.1) is 13.7 Å². The average molecular weight is 251 g/mol. The summed E-state index contributed by atoms with van der Waals surface area (Å²) < 4.78 is 9.69. The zero-order chi connectivity index (χ0) is 13.5. The number of hydrogen-bond donors (Lipinski definition) is 0. The second kappa shape index (κ2) is 6.64. The summed E-state index contributed by atoms with van der Waals surface area (Å²) in [5.74, 6) is -0.723. The van der Waals surface area contributed by atoms with Crippen molar-refractivity contribution in [2.75, 3.05) is 20.8 Å². The van der Waals surface area contributed by atoms with Crippen molar-refractivity contribution < 1.29 is 19.1 Å². The number of amides is 1. The lowest BCUT2D eigenvalue weighted by Crippen LogP contribution is -2.34. The Morgan fingerprint density at radius 3 is 2.33 bits per heavy atom. The zero-order valence-electron chi connectivity index (χ0n) is 10.8. The first-order valence-electron chi connectivity index (χ1n) is 5.63. The van der Waals surface area contributed by atoms with Gasteiger partial charge in [-0.05, 0) is 24.6 Å². The minimum atomic E-state index is -0.825. The van der Waals surface area contributed by atoms with Crippen LogP contribution in [0, 0.1) is 0 Å². The van der Waals surface area contributed by atoms with Crippen molar-refractivity contribution in [1.29, 1.82) is 0 Å². The first kappa shape index (κ1) is 14.0. The Bertz CT molecular complexity index is 414. The van der Waals surface area contributed by atoms with Gasteiger partial charge < -0.3 is 14.4 Å². The van der Waals surface area contributed by atoms with E-state index in [-0.39, 0.29) is 6.61 Å². The van der Waals surface area contributed by atoms with E-state index in [0.29, 0.717) is 6.54 Å². The van der Waals surface area contributed by atoms with Gasteiger partial charge in [-0.2, -0.15) is 0 Å². The second-order valence-electron chi connectivity index (χ2n) is 3.73. The molecule has 0 bridgehead atoms. The molecule has 0 atom stereocenters. The summed E-state index contributed by atoms with van der Waals surface area (Å²) in [6, 6.07) is 7.29. The molecule has 0 fully saturated rings. The molecule has 0 heterocycles. The van der Waals surface area contributed by atoms with E-state index in [0.717, 1.165) is 11.3 Å². The SMILES string of the molecule is CCOC(=O)C(=O)N(C)Cc1ccc(OC)cc1. The number of rotatable bonds is 4. The molecular weight excluding hydrogens is 234 g/mol. The number of likely N-dealkylation sites (N-methyl/N-ethyl adjacent to an activating group) is 1. The van der Waals surface area contributed by atoms with Crippen molar-refractivity contribution in [3.63, 3.8) is 0 Å². The van der Waals surface area contributed by atoms with Gasteiger partial charge in [0, 0.05) is 13.6 Å². The van der Waals surface area contributed by atoms with Crippen molar-refractivity contribution >= 4 is 11.9 Å². The highest BCUT2D eigenvalue weighted by molar-refractivity contribution is 6.32. The zero-order valence-corrected chi connectivity index (χ0v) is 10.8. The van der Waals surface area contributed by atoms with Crippen LogP contribution in [0.4, 0.5) is 0 Å². The molecule has 0 aromatic heterocycles. The number of methoxy groups -OCH3 is 1. The lowest BCUT2D eigenvalue weighted by atomic mass is 10.2. The van der Waals surface area contributed by atoms with E-state index in [4.69, 9.17) is 4.74 Å². The minimum absolute atomic E-state index is 0.195. The van der Waals surface area contributed by atoms with Crippen LogP contribution in [0.2, 0.25) is 0 Å². The van der Waals surface area contributed by atoms with Gasteiger partial charge in [-0.1, -0.05) is 12.1 Å². The summed E-state index contributed by atoms with van der Waals surface area (Å²) in [6.45, 7) is 2.21. The molecule has 5 heteroatoms. The van der Waals surface area contributed by atoms with Crippen LogP contribution in [-0.4, -0.2) is 37.5 Å². The fraction of sp³-hybridized carbons (Fsp3) is 0.385. The second-order valence-corrected chi connectivity index (χ2v) is 3.73. The first-order valence-corrected chi connectivity index (χ1v) is 5.63. The Hall–Kier alpha value is -2.04. The highest BCUT2D eigenvalue weighted by Crippen LogP contribution is 2.12. The topological polar surface area (TPSA) is 55.8 Å². The van der Waals surface area contributed by atoms with Gasteiger partial charge in [-0.3, -0.25) is 4.79 Å². The van der Waals surface area contributed by atoms with Crippen LogP contribution in [0.3, 0.4) is 0 Å². The molecule has 0 radical (unpaired) electrons. The van der Waals surface area contributed by atoms with E-state index >= 15 is 0 Å². The predicted molar refractivity (Wildman–Crippen MR) is 66.1 cm³/mol. The molecule has 1 rings (SSSR count). The highest BCUT2D eigenvalue weighted by Gasteiger charge is 2.19. The van der Waals surface area contributed by atoms with Crippen LogP contribution in [0.15, 0.2) is 24.3 Å². The Morgan fingerprint density at radius 2 is 1.83 bits per heavy atom. The molecule has 0 aliphatic heterocycles. The molecule has 1 amide bonds. The van der Waals surface area contributed by atoms with Crippen molar-refractivity contribution in [3.8, 4) is 5.75 Å². The predicted octanol–water partition coefficient (Wildman–Crippen LogP) is 1.22. The summed E-state index contributed by atoms with van der Waals surface area (Å²) in [6.07, 6.45) is 0. The van der Waals surface area contributed by atoms with Crippen LogP contribution in [0.25, 0.3) is 0 Å². The lowest BCUT2D eigenvalue weighted by molar-refractivity contribution is -0.159. The summed E-state index contributed by atoms with van der Waals surface area (Å²) in [4.78, 5) is 24.1. The summed E-state index contributed by atoms with van der Waals surface area (Å²) >= 11 is 0. The maximum atomic E-state index is 11.6. The summed E-state index contributed by atoms with van der Waals surface area (Å²) in [5, 5.41) is 0. The molecular formula is C13H17NO4. The smallest absolute Gasteiger partial charge is 0.397 e. The van der Waals surface area contributed by atoms with Crippen molar-refractivity contribution in [2.24, 2.45) is 0 Å². The number of hydrogen-bond acceptors (Lipinski definition) is 4. The number of ether oxygens (including phenoxy) is 2. The Morgan fingerprint density at radius 1 is 1.22 bits per heavy atom. The number of benzene rings is 1. The molecule has 0 saturated carbocycles. The standard InChI is InChI=1S/C13H17NO4/c1-4-18-13(16)12(15)14(2)9-10-5-7-11(17-3)8-6-10/h5-8H,4,9H2,1-3H3. The maximum absolute atomic E-state index is 11.6. The third kappa shape index (κ3) is 3.76. The number of carbonyl (C=O) groups excluding carboxylic acids is 2. The lowest BCUT2D eigenvalue weighted by Gasteiger charge is -2.16. The molecule has 0 unspecified atom stereocenters. The van der Waals surface area contributed by atoms with Crippen molar-refractivity contribution in [1.82, 2.24) is 4.90 Å². The van der Waals surface area contributed by atoms with Gasteiger partial charge in [-0.25, -0.2) is 4.79 Å². The van der Waals surface area contributed by atoms with Gasteiger partial charge in [0.15, 0.2) is 0 Å². The van der Waals surface area contributed by atoms with Gasteiger partial charge >= 0.3 is 11.9 Å². The van der Waals surface area contributed by atoms with E-state index in [9.17, 15) is 9.59 Å². The molecule has 1 aromatic rings. The Labute approximate surface area is 106 Å². The van der Waals surface area contributed by atoms with Crippen LogP contribution < -0.4 is 4.74 Å². The molecule has 18 heavy (non-hydrogen) atoms. The molecule has 1 aromatic carbocycles. The fourth-order valence-corrected chi connectivity index (χ4v) is 1.43. The quantitative estimate of drug-likeness (QED) is 0.596. The van der Waals surface area contributed by atoms with E-state index in [2.05, 4.69) is 4.74 Å². The fourth-order valence-electron chi connectivity index (χ4n) is 1.43. The monoisotopic (exact) mass is 251 g/mol. The third-order valence-electron chi connectivity index (χ3n) is 2.38. The van der Waals surface area contributed by atoms with E-state index < -0.39 is 11.9 Å². The molecule has 0 aliphatic rings.